The fourth-order valence-electron chi connectivity index (χ4n) is 12.3. The van der Waals surface area contributed by atoms with Gasteiger partial charge < -0.3 is 14.7 Å². The van der Waals surface area contributed by atoms with Gasteiger partial charge in [-0.15, -0.1) is 0 Å². The number of benzene rings is 9. The topological polar surface area (TPSA) is 9.72 Å². The van der Waals surface area contributed by atoms with Gasteiger partial charge in [-0.1, -0.05) is 184 Å². The molecule has 0 N–H and O–H groups in total. The van der Waals surface area contributed by atoms with E-state index in [1.807, 2.05) is 12.1 Å². The lowest BCUT2D eigenvalue weighted by molar-refractivity contribution is 0.590. The Bertz CT molecular complexity index is 4180. The molecule has 0 bridgehead atoms. The predicted octanol–water partition coefficient (Wildman–Crippen LogP) is 16.4. The Balaban J connectivity index is 1.15. The summed E-state index contributed by atoms with van der Waals surface area (Å²) in [6, 6.07) is 42.1. The van der Waals surface area contributed by atoms with Gasteiger partial charge in [0, 0.05) is 62.0 Å². The average Bonchev–Trinajstić information content (AvgIpc) is 1.10. The lowest BCUT2D eigenvalue weighted by atomic mass is 9.33. The van der Waals surface area contributed by atoms with Crippen LogP contribution >= 0.6 is 0 Å². The van der Waals surface area contributed by atoms with Crippen LogP contribution in [0.25, 0.3) is 22.3 Å². The van der Waals surface area contributed by atoms with Crippen LogP contribution in [0.4, 0.5) is 51.2 Å². The molecule has 9 aromatic carbocycles. The van der Waals surface area contributed by atoms with Crippen LogP contribution in [0.3, 0.4) is 0 Å². The summed E-state index contributed by atoms with van der Waals surface area (Å²) in [7, 11) is 0. The molecular formula is C68H62BN3. The van der Waals surface area contributed by atoms with Crippen molar-refractivity contribution in [1.82, 2.24) is 0 Å². The lowest BCUT2D eigenvalue weighted by Gasteiger charge is -2.46. The van der Waals surface area contributed by atoms with Crippen LogP contribution in [0, 0.1) is 0 Å². The normalized spacial score (nSPS) is 17.2. The molecule has 0 saturated heterocycles. The van der Waals surface area contributed by atoms with Gasteiger partial charge in [0.1, 0.15) is 0 Å². The van der Waals surface area contributed by atoms with Crippen LogP contribution in [-0.4, -0.2) is 6.71 Å². The van der Waals surface area contributed by atoms with Crippen LogP contribution in [-0.2, 0) is 21.7 Å². The van der Waals surface area contributed by atoms with Crippen molar-refractivity contribution in [2.24, 2.45) is 0 Å². The van der Waals surface area contributed by atoms with Gasteiger partial charge in [0.05, 0.1) is 13.7 Å². The Hall–Kier alpha value is -7.56. The molecule has 3 nitrogen and oxygen atoms in total. The summed E-state index contributed by atoms with van der Waals surface area (Å²) in [6.45, 7) is 22.2. The summed E-state index contributed by atoms with van der Waals surface area (Å²) in [4.78, 5) is 6.03. The van der Waals surface area contributed by atoms with E-state index in [9.17, 15) is 5.48 Å². The van der Waals surface area contributed by atoms with E-state index in [0.717, 1.165) is 67.1 Å². The second-order valence-electron chi connectivity index (χ2n) is 23.1. The Morgan fingerprint density at radius 2 is 0.903 bits per heavy atom. The second-order valence-corrected chi connectivity index (χ2v) is 23.1. The van der Waals surface area contributed by atoms with Crippen molar-refractivity contribution in [2.75, 3.05) is 14.7 Å². The highest BCUT2D eigenvalue weighted by molar-refractivity contribution is 7.00. The van der Waals surface area contributed by atoms with Crippen molar-refractivity contribution in [2.45, 2.75) is 90.9 Å². The molecule has 72 heavy (non-hydrogen) atoms. The first kappa shape index (κ1) is 34.7. The van der Waals surface area contributed by atoms with Crippen LogP contribution in [0.1, 0.15) is 116 Å². The van der Waals surface area contributed by atoms with Crippen LogP contribution < -0.4 is 31.1 Å². The van der Waals surface area contributed by atoms with E-state index in [-0.39, 0.29) is 45.4 Å². The zero-order valence-corrected chi connectivity index (χ0v) is 42.6. The van der Waals surface area contributed by atoms with Crippen LogP contribution in [0.15, 0.2) is 194 Å². The summed E-state index contributed by atoms with van der Waals surface area (Å²) in [5.74, 6) is 0. The van der Waals surface area contributed by atoms with E-state index >= 15 is 0 Å². The van der Waals surface area contributed by atoms with E-state index in [2.05, 4.69) is 194 Å². The number of hydrogen-bond acceptors (Lipinski definition) is 3. The first-order chi connectivity index (χ1) is 38.6. The van der Waals surface area contributed by atoms with Crippen molar-refractivity contribution in [3.63, 3.8) is 0 Å². The fourth-order valence-corrected chi connectivity index (χ4v) is 12.3. The molecule has 0 spiro atoms. The van der Waals surface area contributed by atoms with Gasteiger partial charge in [-0.2, -0.15) is 0 Å². The molecule has 9 aromatic rings. The van der Waals surface area contributed by atoms with Crippen molar-refractivity contribution >= 4 is 74.3 Å². The maximum atomic E-state index is 9.41. The van der Waals surface area contributed by atoms with Gasteiger partial charge >= 0.3 is 0 Å². The van der Waals surface area contributed by atoms with Crippen molar-refractivity contribution < 1.29 is 13.7 Å². The van der Waals surface area contributed by atoms with Crippen molar-refractivity contribution in [3.8, 4) is 22.3 Å². The molecule has 0 amide bonds. The van der Waals surface area contributed by atoms with E-state index < -0.39 is 60.4 Å². The maximum absolute atomic E-state index is 9.41. The number of nitrogens with zero attached hydrogens (tertiary/aromatic N) is 3. The Labute approximate surface area is 441 Å². The van der Waals surface area contributed by atoms with Gasteiger partial charge in [0.25, 0.3) is 6.71 Å². The molecule has 0 saturated carbocycles. The van der Waals surface area contributed by atoms with E-state index in [1.54, 1.807) is 6.07 Å². The third-order valence-corrected chi connectivity index (χ3v) is 16.1. The molecule has 13 rings (SSSR count). The smallest absolute Gasteiger partial charge is 0.252 e. The first-order valence-corrected chi connectivity index (χ1v) is 25.1. The summed E-state index contributed by atoms with van der Waals surface area (Å²) >= 11 is 0. The third-order valence-electron chi connectivity index (χ3n) is 16.1. The number of hydrogen-bond donors (Lipinski definition) is 0. The monoisotopic (exact) mass is 942 g/mol. The molecule has 352 valence electrons. The molecule has 2 heterocycles. The van der Waals surface area contributed by atoms with Gasteiger partial charge in [-0.25, -0.2) is 0 Å². The number of rotatable bonds is 5. The largest absolute Gasteiger partial charge is 0.311 e. The zero-order valence-electron chi connectivity index (χ0n) is 52.6. The molecule has 0 fully saturated rings. The Morgan fingerprint density at radius 3 is 1.42 bits per heavy atom. The quantitative estimate of drug-likeness (QED) is 0.159. The minimum atomic E-state index is -0.625. The third kappa shape index (κ3) is 6.50. The van der Waals surface area contributed by atoms with E-state index in [0.29, 0.717) is 5.69 Å². The first-order valence-electron chi connectivity index (χ1n) is 30.1. The SMILES string of the molecule is [2H]c1c([2H])c([2H])c(N(c2ccc3c(c2)N(c2ccc4c(c2)C(C)(C)c2ccccc2-4)c2cc(C(C)(C)C)cc4c2B3c2cc(C(C)(C)C)ccc2N4c2ccc3c(c2)C(C)(C)c2ccccc2-3)c2c([2H])c([2H])c([2H])c([2H])c2[2H])c([2H])c1[2H]. The van der Waals surface area contributed by atoms with Crippen molar-refractivity contribution in [1.29, 1.82) is 0 Å². The highest BCUT2D eigenvalue weighted by Gasteiger charge is 2.46. The van der Waals surface area contributed by atoms with Crippen LogP contribution in [0.5, 0.6) is 0 Å². The Morgan fingerprint density at radius 1 is 0.417 bits per heavy atom. The Kier molecular flexibility index (Phi) is 7.46. The zero-order chi connectivity index (χ0) is 58.3. The fraction of sp³-hybridized carbons (Fsp3) is 0.206. The summed E-state index contributed by atoms with van der Waals surface area (Å²) in [6.07, 6.45) is 0. The second kappa shape index (κ2) is 15.5. The minimum Gasteiger partial charge on any atom is -0.311 e. The molecule has 0 radical (unpaired) electrons. The average molecular weight is 942 g/mol. The summed E-state index contributed by atoms with van der Waals surface area (Å²) in [5.41, 5.74) is 18.9. The molecule has 4 heteroatoms. The predicted molar refractivity (Wildman–Crippen MR) is 308 cm³/mol. The lowest BCUT2D eigenvalue weighted by Crippen LogP contribution is -2.61. The summed E-state index contributed by atoms with van der Waals surface area (Å²) < 4.78 is 90.4. The number of para-hydroxylation sites is 2. The van der Waals surface area contributed by atoms with Gasteiger partial charge in [-0.3, -0.25) is 0 Å². The maximum Gasteiger partial charge on any atom is 0.252 e. The summed E-state index contributed by atoms with van der Waals surface area (Å²) in [5, 5.41) is 0. The highest BCUT2D eigenvalue weighted by atomic mass is 15.2. The minimum absolute atomic E-state index is 0.230. The molecule has 2 aliphatic carbocycles. The van der Waals surface area contributed by atoms with E-state index in [4.69, 9.17) is 8.22 Å². The molecule has 0 aromatic heterocycles. The van der Waals surface area contributed by atoms with Gasteiger partial charge in [0.15, 0.2) is 0 Å². The number of fused-ring (bicyclic) bond motifs is 10. The van der Waals surface area contributed by atoms with Crippen LogP contribution in [0.2, 0.25) is 0 Å². The molecular weight excluding hydrogens is 870 g/mol. The van der Waals surface area contributed by atoms with Gasteiger partial charge in [-0.05, 0) is 162 Å². The highest BCUT2D eigenvalue weighted by Crippen LogP contribution is 2.54. The molecule has 4 aliphatic rings. The van der Waals surface area contributed by atoms with E-state index in [1.165, 1.54) is 38.3 Å². The standard InChI is InChI=1S/C68H62BN3/c1-65(2,3)43-29-36-60-59(37-43)69-58-35-32-49(70(45-21-13-11-14-22-45)46-23-15-12-16-24-46)42-61(58)72(48-31-34-53-51-26-18-20-28-55(51)68(9,10)57(53)41-48)63-39-44(66(4,5)6)38-62(64(63)69)71(60)47-30-33-52-50-25-17-19-27-54(50)67(7,8)56(52)40-47/h11-42H,1-10H3/i11D,12D,13D,14D,15D,16D,21D,22D,23D,24D. The molecule has 0 atom stereocenters. The number of anilines is 9. The van der Waals surface area contributed by atoms with Gasteiger partial charge in [0.2, 0.25) is 0 Å². The van der Waals surface area contributed by atoms with Crippen molar-refractivity contribution in [3.05, 3.63) is 227 Å². The molecule has 0 unspecified atom stereocenters. The molecule has 2 aliphatic heterocycles.